The number of pyridine rings is 1. The van der Waals surface area contributed by atoms with Crippen LogP contribution in [0.1, 0.15) is 13.7 Å². The van der Waals surface area contributed by atoms with Crippen LogP contribution in [-0.4, -0.2) is 16.4 Å². The van der Waals surface area contributed by atoms with Gasteiger partial charge in [-0.05, 0) is 63.9 Å². The van der Waals surface area contributed by atoms with E-state index in [-0.39, 0.29) is 55.9 Å². The summed E-state index contributed by atoms with van der Waals surface area (Å²) in [7, 11) is 0. The van der Waals surface area contributed by atoms with Gasteiger partial charge in [0.1, 0.15) is 0 Å². The summed E-state index contributed by atoms with van der Waals surface area (Å²) in [5.74, 6) is 3.64. The topological polar surface area (TPSA) is 37.4 Å². The number of ether oxygens (including phenoxy) is 1. The summed E-state index contributed by atoms with van der Waals surface area (Å²) in [6, 6.07) is 36.8. The van der Waals surface area contributed by atoms with E-state index >= 15 is 0 Å². The van der Waals surface area contributed by atoms with Gasteiger partial charge in [-0.25, -0.2) is 4.98 Å². The standard InChI is InChI=1S/C52H34BN5O.Pt/c1-3-17-38(18-4-1)44-25-15-26-45(39-19-5-2-6-20-39)51(44)56-37-55(48-29-9-10-30-49(48)56)40-21-13-23-42(35-40)59-43-24-14-22-41(36-43)58-47-28-8-7-27-46(47)53-32-11-12-34-57(53)50-31-16-33-54-52(50)58;/h1-34H;/q-2;/i1D,2D,3D,4D,5D,6D,17D,18D,19D,20D;. The maximum Gasteiger partial charge on any atom is 0.322 e. The van der Waals surface area contributed by atoms with Gasteiger partial charge >= 0.3 is 6.85 Å². The van der Waals surface area contributed by atoms with E-state index in [2.05, 4.69) is 58.5 Å². The Morgan fingerprint density at radius 1 is 0.633 bits per heavy atom. The molecule has 0 amide bonds. The summed E-state index contributed by atoms with van der Waals surface area (Å²) in [5.41, 5.74) is 5.43. The van der Waals surface area contributed by atoms with Crippen molar-refractivity contribution in [3.8, 4) is 45.1 Å². The van der Waals surface area contributed by atoms with Crippen LogP contribution in [0.3, 0.4) is 0 Å². The maximum atomic E-state index is 9.00. The van der Waals surface area contributed by atoms with Gasteiger partial charge in [0, 0.05) is 44.4 Å². The van der Waals surface area contributed by atoms with Crippen molar-refractivity contribution in [2.24, 2.45) is 0 Å². The van der Waals surface area contributed by atoms with Gasteiger partial charge in [-0.1, -0.05) is 139 Å². The predicted molar refractivity (Wildman–Crippen MR) is 237 cm³/mol. The molecule has 0 aliphatic carbocycles. The van der Waals surface area contributed by atoms with Crippen LogP contribution in [0.15, 0.2) is 206 Å². The van der Waals surface area contributed by atoms with E-state index in [0.29, 0.717) is 33.9 Å². The third kappa shape index (κ3) is 6.54. The number of hydrogen-bond donors (Lipinski definition) is 0. The van der Waals surface area contributed by atoms with Crippen LogP contribution in [0.5, 0.6) is 11.5 Å². The normalized spacial score (nSPS) is 15.0. The van der Waals surface area contributed by atoms with E-state index in [9.17, 15) is 0 Å². The summed E-state index contributed by atoms with van der Waals surface area (Å²) >= 11 is 0. The fraction of sp³-hybridized carbons (Fsp3) is 0. The Kier molecular flexibility index (Phi) is 7.26. The monoisotopic (exact) mass is 960 g/mol. The van der Waals surface area contributed by atoms with Gasteiger partial charge in [-0.15, -0.1) is 30.3 Å². The van der Waals surface area contributed by atoms with Gasteiger partial charge in [0.05, 0.1) is 36.1 Å². The van der Waals surface area contributed by atoms with E-state index in [1.807, 2.05) is 66.7 Å². The number of imidazole rings is 1. The molecule has 7 aromatic carbocycles. The number of allylic oxidation sites excluding steroid dienone is 2. The van der Waals surface area contributed by atoms with Crippen molar-refractivity contribution >= 4 is 46.2 Å². The number of fused-ring (bicyclic) bond motifs is 6. The minimum Gasteiger partial charge on any atom is -0.510 e. The molecule has 9 aromatic rings. The Balaban J connectivity index is 0.00000567. The molecule has 60 heavy (non-hydrogen) atoms. The minimum atomic E-state index is -0.574. The second-order valence-corrected chi connectivity index (χ2v) is 13.7. The van der Waals surface area contributed by atoms with Gasteiger partial charge < -0.3 is 19.0 Å². The van der Waals surface area contributed by atoms with E-state index < -0.39 is 60.4 Å². The van der Waals surface area contributed by atoms with E-state index in [0.717, 1.165) is 22.7 Å². The van der Waals surface area contributed by atoms with Crippen LogP contribution in [-0.2, 0) is 21.1 Å². The largest absolute Gasteiger partial charge is 0.510 e. The van der Waals surface area contributed by atoms with Gasteiger partial charge in [0.15, 0.2) is 5.82 Å². The number of benzene rings is 7. The Hall–Kier alpha value is -7.21. The number of hydrogen-bond acceptors (Lipinski definition) is 4. The molecule has 4 heterocycles. The second-order valence-electron chi connectivity index (χ2n) is 13.7. The summed E-state index contributed by atoms with van der Waals surface area (Å²) in [5, 5.41) is 0. The molecule has 0 radical (unpaired) electrons. The number of para-hydroxylation sites is 4. The first-order valence-corrected chi connectivity index (χ1v) is 18.9. The van der Waals surface area contributed by atoms with Crippen molar-refractivity contribution in [1.82, 2.24) is 9.55 Å². The second kappa shape index (κ2) is 15.9. The zero-order chi connectivity index (χ0) is 47.8. The molecule has 0 unspecified atom stereocenters. The Bertz CT molecular complexity index is 3470. The third-order valence-electron chi connectivity index (χ3n) is 10.3. The van der Waals surface area contributed by atoms with Crippen LogP contribution in [0.25, 0.3) is 44.7 Å². The molecule has 0 bridgehead atoms. The molecular weight excluding hydrogens is 916 g/mol. The molecule has 6 nitrogen and oxygen atoms in total. The van der Waals surface area contributed by atoms with Crippen LogP contribution >= 0.6 is 0 Å². The van der Waals surface area contributed by atoms with Crippen molar-refractivity contribution in [2.45, 2.75) is 0 Å². The fourth-order valence-corrected chi connectivity index (χ4v) is 7.77. The molecule has 0 saturated heterocycles. The fourth-order valence-electron chi connectivity index (χ4n) is 7.77. The molecule has 0 atom stereocenters. The first-order chi connectivity index (χ1) is 33.4. The zero-order valence-electron chi connectivity index (χ0n) is 41.4. The van der Waals surface area contributed by atoms with Gasteiger partial charge in [-0.2, -0.15) is 18.2 Å². The molecular formula is C52H34BN5OPt-2. The Morgan fingerprint density at radius 2 is 1.28 bits per heavy atom. The van der Waals surface area contributed by atoms with Crippen molar-refractivity contribution < 1.29 is 44.1 Å². The minimum absolute atomic E-state index is 0. The number of nitrogens with zero attached hydrogens (tertiary/aromatic N) is 5. The van der Waals surface area contributed by atoms with Gasteiger partial charge in [-0.3, -0.25) is 4.57 Å². The van der Waals surface area contributed by atoms with E-state index in [4.69, 9.17) is 23.4 Å². The molecule has 2 aliphatic rings. The number of rotatable bonds is 7. The van der Waals surface area contributed by atoms with Crippen LogP contribution in [0.4, 0.5) is 22.9 Å². The smallest absolute Gasteiger partial charge is 0.322 e. The molecule has 2 aromatic heterocycles. The molecule has 11 rings (SSSR count). The summed E-state index contributed by atoms with van der Waals surface area (Å²) in [6.07, 6.45) is 11.3. The molecule has 288 valence electrons. The molecule has 0 saturated carbocycles. The first kappa shape index (κ1) is 27.5. The van der Waals surface area contributed by atoms with Crippen molar-refractivity contribution in [2.75, 3.05) is 9.71 Å². The predicted octanol–water partition coefficient (Wildman–Crippen LogP) is 10.9. The maximum absolute atomic E-state index is 9.00. The first-order valence-electron chi connectivity index (χ1n) is 23.9. The van der Waals surface area contributed by atoms with Gasteiger partial charge in [0.25, 0.3) is 6.33 Å². The molecule has 2 aliphatic heterocycles. The average molecular weight is 961 g/mol. The SMILES string of the molecule is [2H]c1c([2H])c([2H])c(-c2cccc(-c3c([2H])c([2H])c([2H])c([2H])c3[2H])c2-[n+]2[c-]n(-c3[c-]c(Oc4[c-]c(N5c6ccccc6B6C=CC=CN6c6cccnc65)ccc4)ccc3)c3ccccc32)c([2H])c1[2H].[Pt]. The molecule has 0 spiro atoms. The summed E-state index contributed by atoms with van der Waals surface area (Å²) in [4.78, 5) is 9.17. The summed E-state index contributed by atoms with van der Waals surface area (Å²) in [6.45, 7) is -0.0586. The van der Waals surface area contributed by atoms with Crippen LogP contribution < -0.4 is 24.5 Å². The number of anilines is 4. The number of aromatic nitrogens is 3. The van der Waals surface area contributed by atoms with Crippen LogP contribution in [0, 0.1) is 18.5 Å². The average Bonchev–Trinajstić information content (AvgIpc) is 3.71. The molecule has 8 heteroatoms. The van der Waals surface area contributed by atoms with Crippen molar-refractivity contribution in [3.63, 3.8) is 0 Å². The van der Waals surface area contributed by atoms with Crippen LogP contribution in [0.2, 0.25) is 0 Å². The van der Waals surface area contributed by atoms with Crippen molar-refractivity contribution in [1.29, 1.82) is 0 Å². The summed E-state index contributed by atoms with van der Waals surface area (Å²) < 4.78 is 96.7. The van der Waals surface area contributed by atoms with Crippen molar-refractivity contribution in [3.05, 3.63) is 225 Å². The third-order valence-corrected chi connectivity index (χ3v) is 10.3. The zero-order valence-corrected chi connectivity index (χ0v) is 33.7. The Morgan fingerprint density at radius 3 is 2.05 bits per heavy atom. The Labute approximate surface area is 378 Å². The van der Waals surface area contributed by atoms with E-state index in [1.165, 1.54) is 0 Å². The van der Waals surface area contributed by atoms with Gasteiger partial charge in [0.2, 0.25) is 0 Å². The van der Waals surface area contributed by atoms with E-state index in [1.54, 1.807) is 57.8 Å². The quantitative estimate of drug-likeness (QED) is 0.0906. The molecule has 0 fully saturated rings. The molecule has 0 N–H and O–H groups in total.